The predicted octanol–water partition coefficient (Wildman–Crippen LogP) is 0.427. The van der Waals surface area contributed by atoms with Gasteiger partial charge in [-0.15, -0.1) is 5.59 Å². The Bertz CT molecular complexity index is 49.7. The number of hydrogen-bond donors (Lipinski definition) is 2. The summed E-state index contributed by atoms with van der Waals surface area (Å²) in [7, 11) is 0. The summed E-state index contributed by atoms with van der Waals surface area (Å²) in [4.78, 5) is 4.71. The summed E-state index contributed by atoms with van der Waals surface area (Å²) in [6, 6.07) is 0. The van der Waals surface area contributed by atoms with Crippen molar-refractivity contribution in [2.24, 2.45) is 11.8 Å². The maximum Gasteiger partial charge on any atom is 0.0724 e. The molecule has 3 nitrogen and oxygen atoms in total. The van der Waals surface area contributed by atoms with Gasteiger partial charge in [0, 0.05) is 0 Å². The normalized spacial score (nSPS) is 13.9. The summed E-state index contributed by atoms with van der Waals surface area (Å²) >= 11 is 0. The van der Waals surface area contributed by atoms with Crippen LogP contribution in [0.3, 0.4) is 0 Å². The number of rotatable bonds is 4. The molecule has 8 heavy (non-hydrogen) atoms. The molecule has 0 saturated carbocycles. The first kappa shape index (κ1) is 7.88. The second-order valence-corrected chi connectivity index (χ2v) is 1.94. The van der Waals surface area contributed by atoms with Gasteiger partial charge in [0.15, 0.2) is 0 Å². The molecule has 0 rings (SSSR count). The molecule has 0 aliphatic carbocycles. The number of nitrogens with two attached hydrogens (primary N) is 1. The van der Waals surface area contributed by atoms with Gasteiger partial charge in [-0.25, -0.2) is 5.84 Å². The Kier molecular flexibility index (Phi) is 4.95. The van der Waals surface area contributed by atoms with E-state index in [2.05, 4.69) is 19.4 Å². The van der Waals surface area contributed by atoms with Crippen molar-refractivity contribution in [2.75, 3.05) is 6.61 Å². The lowest BCUT2D eigenvalue weighted by atomic mass is 10.1. The van der Waals surface area contributed by atoms with Crippen molar-refractivity contribution in [3.63, 3.8) is 0 Å². The third-order valence-electron chi connectivity index (χ3n) is 1.15. The van der Waals surface area contributed by atoms with Crippen LogP contribution in [-0.4, -0.2) is 6.61 Å². The van der Waals surface area contributed by atoms with Crippen LogP contribution >= 0.6 is 0 Å². The fourth-order valence-electron chi connectivity index (χ4n) is 0.308. The third-order valence-corrected chi connectivity index (χ3v) is 1.15. The van der Waals surface area contributed by atoms with Crippen LogP contribution in [0.5, 0.6) is 0 Å². The van der Waals surface area contributed by atoms with Gasteiger partial charge in [-0.05, 0) is 5.92 Å². The molecule has 0 aromatic rings. The first-order valence-corrected chi connectivity index (χ1v) is 2.88. The molecular formula is C5H14N2O. The predicted molar refractivity (Wildman–Crippen MR) is 32.7 cm³/mol. The second kappa shape index (κ2) is 5.03. The van der Waals surface area contributed by atoms with Gasteiger partial charge >= 0.3 is 0 Å². The van der Waals surface area contributed by atoms with Gasteiger partial charge < -0.3 is 0 Å². The van der Waals surface area contributed by atoms with Crippen LogP contribution in [0, 0.1) is 5.92 Å². The maximum atomic E-state index is 4.86. The molecule has 1 unspecified atom stereocenters. The average Bonchev–Trinajstić information content (AvgIpc) is 1.83. The summed E-state index contributed by atoms with van der Waals surface area (Å²) in [6.07, 6.45) is 1.13. The fraction of sp³-hybridized carbons (Fsp3) is 1.00. The van der Waals surface area contributed by atoms with Gasteiger partial charge in [0.1, 0.15) is 0 Å². The summed E-state index contributed by atoms with van der Waals surface area (Å²) in [6.45, 7) is 4.91. The first-order valence-electron chi connectivity index (χ1n) is 2.88. The van der Waals surface area contributed by atoms with Crippen LogP contribution in [0.15, 0.2) is 0 Å². The van der Waals surface area contributed by atoms with Crippen LogP contribution in [-0.2, 0) is 4.84 Å². The fourth-order valence-corrected chi connectivity index (χ4v) is 0.308. The van der Waals surface area contributed by atoms with Crippen molar-refractivity contribution < 1.29 is 4.84 Å². The van der Waals surface area contributed by atoms with Gasteiger partial charge in [-0.3, -0.25) is 4.84 Å². The molecule has 0 amide bonds. The van der Waals surface area contributed by atoms with Crippen molar-refractivity contribution in [3.05, 3.63) is 0 Å². The molecule has 0 saturated heterocycles. The van der Waals surface area contributed by atoms with Crippen molar-refractivity contribution in [1.29, 1.82) is 0 Å². The standard InChI is InChI=1S/C5H14N2O/c1-3-5(2)4-8-7-6/h5,7H,3-4,6H2,1-2H3. The molecule has 0 bridgehead atoms. The average molecular weight is 118 g/mol. The van der Waals surface area contributed by atoms with Crippen molar-refractivity contribution in [1.82, 2.24) is 5.59 Å². The first-order chi connectivity index (χ1) is 3.81. The van der Waals surface area contributed by atoms with Crippen LogP contribution in [0.2, 0.25) is 0 Å². The Morgan fingerprint density at radius 3 is 2.75 bits per heavy atom. The molecule has 0 fully saturated rings. The second-order valence-electron chi connectivity index (χ2n) is 1.94. The van der Waals surface area contributed by atoms with E-state index in [0.29, 0.717) is 12.5 Å². The molecular weight excluding hydrogens is 104 g/mol. The minimum atomic E-state index is 0.589. The molecule has 0 aromatic carbocycles. The minimum Gasteiger partial charge on any atom is -0.287 e. The van der Waals surface area contributed by atoms with Crippen molar-refractivity contribution in [3.8, 4) is 0 Å². The van der Waals surface area contributed by atoms with Crippen LogP contribution in [0.4, 0.5) is 0 Å². The molecule has 0 heterocycles. The Balaban J connectivity index is 2.86. The summed E-state index contributed by atoms with van der Waals surface area (Å²) in [5, 5.41) is 0. The number of nitrogens with one attached hydrogen (secondary N) is 1. The zero-order chi connectivity index (χ0) is 6.41. The van der Waals surface area contributed by atoms with E-state index < -0.39 is 0 Å². The zero-order valence-electron chi connectivity index (χ0n) is 5.48. The largest absolute Gasteiger partial charge is 0.287 e. The van der Waals surface area contributed by atoms with Gasteiger partial charge in [-0.1, -0.05) is 20.3 Å². The maximum absolute atomic E-state index is 4.86. The molecule has 50 valence electrons. The quantitative estimate of drug-likeness (QED) is 0.415. The number of hydrazine groups is 1. The molecule has 0 aliphatic rings. The van der Waals surface area contributed by atoms with E-state index >= 15 is 0 Å². The molecule has 1 atom stereocenters. The minimum absolute atomic E-state index is 0.589. The Labute approximate surface area is 50.1 Å². The van der Waals surface area contributed by atoms with E-state index in [1.54, 1.807) is 0 Å². The highest BCUT2D eigenvalue weighted by atomic mass is 16.7. The van der Waals surface area contributed by atoms with Crippen LogP contribution in [0.1, 0.15) is 20.3 Å². The Morgan fingerprint density at radius 2 is 2.38 bits per heavy atom. The van der Waals surface area contributed by atoms with Gasteiger partial charge in [-0.2, -0.15) is 0 Å². The van der Waals surface area contributed by atoms with E-state index in [1.165, 1.54) is 0 Å². The zero-order valence-corrected chi connectivity index (χ0v) is 5.48. The topological polar surface area (TPSA) is 47.3 Å². The monoisotopic (exact) mass is 118 g/mol. The highest BCUT2D eigenvalue weighted by Crippen LogP contribution is 1.97. The lowest BCUT2D eigenvalue weighted by molar-refractivity contribution is 0.0197. The van der Waals surface area contributed by atoms with E-state index in [4.69, 9.17) is 10.7 Å². The van der Waals surface area contributed by atoms with Crippen LogP contribution < -0.4 is 11.4 Å². The summed E-state index contributed by atoms with van der Waals surface area (Å²) < 4.78 is 0. The highest BCUT2D eigenvalue weighted by molar-refractivity contribution is 4.43. The van der Waals surface area contributed by atoms with Gasteiger partial charge in [0.25, 0.3) is 0 Å². The highest BCUT2D eigenvalue weighted by Gasteiger charge is 1.95. The third kappa shape index (κ3) is 4.05. The SMILES string of the molecule is CCC(C)CONN. The van der Waals surface area contributed by atoms with E-state index in [-0.39, 0.29) is 0 Å². The van der Waals surface area contributed by atoms with Gasteiger partial charge in [0.2, 0.25) is 0 Å². The molecule has 0 spiro atoms. The molecule has 3 N–H and O–H groups in total. The van der Waals surface area contributed by atoms with E-state index in [0.717, 1.165) is 6.42 Å². The lowest BCUT2D eigenvalue weighted by Gasteiger charge is -2.05. The van der Waals surface area contributed by atoms with E-state index in [1.807, 2.05) is 0 Å². The lowest BCUT2D eigenvalue weighted by Crippen LogP contribution is -2.24. The Hall–Kier alpha value is -0.120. The van der Waals surface area contributed by atoms with Crippen molar-refractivity contribution >= 4 is 0 Å². The van der Waals surface area contributed by atoms with Gasteiger partial charge in [0.05, 0.1) is 6.61 Å². The molecule has 0 radical (unpaired) electrons. The molecule has 0 aromatic heterocycles. The Morgan fingerprint density at radius 1 is 1.75 bits per heavy atom. The summed E-state index contributed by atoms with van der Waals surface area (Å²) in [5.74, 6) is 5.45. The van der Waals surface area contributed by atoms with Crippen molar-refractivity contribution in [2.45, 2.75) is 20.3 Å². The molecule has 0 aliphatic heterocycles. The van der Waals surface area contributed by atoms with E-state index in [9.17, 15) is 0 Å². The summed E-state index contributed by atoms with van der Waals surface area (Å²) in [5.41, 5.74) is 2.13. The smallest absolute Gasteiger partial charge is 0.0724 e. The molecule has 3 heteroatoms. The van der Waals surface area contributed by atoms with Crippen LogP contribution in [0.25, 0.3) is 0 Å². The number of hydrogen-bond acceptors (Lipinski definition) is 3.